The molecule has 0 aliphatic heterocycles. The quantitative estimate of drug-likeness (QED) is 0.486. The SMILES string of the molecule is Cc1c(NCCOC2CCCC2)cccc1[N+](=O)[O-]. The summed E-state index contributed by atoms with van der Waals surface area (Å²) in [6.45, 7) is 3.09. The molecule has 104 valence electrons. The molecule has 1 aliphatic rings. The second-order valence-electron chi connectivity index (χ2n) is 4.91. The van der Waals surface area contributed by atoms with Gasteiger partial charge in [-0.15, -0.1) is 0 Å². The number of ether oxygens (including phenoxy) is 1. The predicted octanol–water partition coefficient (Wildman–Crippen LogP) is 3.27. The Morgan fingerprint density at radius 2 is 2.16 bits per heavy atom. The van der Waals surface area contributed by atoms with Crippen LogP contribution in [0.25, 0.3) is 0 Å². The van der Waals surface area contributed by atoms with Crippen LogP contribution < -0.4 is 5.32 Å². The van der Waals surface area contributed by atoms with Gasteiger partial charge in [-0.3, -0.25) is 10.1 Å². The summed E-state index contributed by atoms with van der Waals surface area (Å²) in [6.07, 6.45) is 5.27. The van der Waals surface area contributed by atoms with Crippen LogP contribution in [-0.4, -0.2) is 24.2 Å². The van der Waals surface area contributed by atoms with E-state index in [4.69, 9.17) is 4.74 Å². The highest BCUT2D eigenvalue weighted by molar-refractivity contribution is 5.59. The van der Waals surface area contributed by atoms with E-state index < -0.39 is 0 Å². The van der Waals surface area contributed by atoms with E-state index in [0.29, 0.717) is 24.8 Å². The van der Waals surface area contributed by atoms with Gasteiger partial charge in [0.05, 0.1) is 17.6 Å². The zero-order valence-electron chi connectivity index (χ0n) is 11.2. The molecule has 0 heterocycles. The lowest BCUT2D eigenvalue weighted by atomic mass is 10.1. The highest BCUT2D eigenvalue weighted by Crippen LogP contribution is 2.25. The molecule has 19 heavy (non-hydrogen) atoms. The van der Waals surface area contributed by atoms with Crippen molar-refractivity contribution in [2.45, 2.75) is 38.7 Å². The van der Waals surface area contributed by atoms with Crippen molar-refractivity contribution in [2.24, 2.45) is 0 Å². The number of nitro groups is 1. The molecular formula is C14H20N2O3. The van der Waals surface area contributed by atoms with Crippen molar-refractivity contribution in [3.8, 4) is 0 Å². The van der Waals surface area contributed by atoms with Crippen molar-refractivity contribution in [3.63, 3.8) is 0 Å². The normalized spacial score (nSPS) is 15.6. The highest BCUT2D eigenvalue weighted by Gasteiger charge is 2.15. The van der Waals surface area contributed by atoms with Crippen LogP contribution in [0.5, 0.6) is 0 Å². The van der Waals surface area contributed by atoms with Crippen LogP contribution in [0, 0.1) is 17.0 Å². The van der Waals surface area contributed by atoms with E-state index in [1.54, 1.807) is 13.0 Å². The fourth-order valence-electron chi connectivity index (χ4n) is 2.48. The monoisotopic (exact) mass is 264 g/mol. The van der Waals surface area contributed by atoms with E-state index in [2.05, 4.69) is 5.32 Å². The lowest BCUT2D eigenvalue weighted by Gasteiger charge is -2.13. The van der Waals surface area contributed by atoms with Gasteiger partial charge < -0.3 is 10.1 Å². The van der Waals surface area contributed by atoms with Gasteiger partial charge in [-0.2, -0.15) is 0 Å². The Hall–Kier alpha value is -1.62. The Morgan fingerprint density at radius 1 is 1.42 bits per heavy atom. The summed E-state index contributed by atoms with van der Waals surface area (Å²) in [5.74, 6) is 0. The third kappa shape index (κ3) is 3.67. The van der Waals surface area contributed by atoms with Gasteiger partial charge in [-0.25, -0.2) is 0 Å². The molecular weight excluding hydrogens is 244 g/mol. The van der Waals surface area contributed by atoms with E-state index in [9.17, 15) is 10.1 Å². The topological polar surface area (TPSA) is 64.4 Å². The van der Waals surface area contributed by atoms with Crippen LogP contribution >= 0.6 is 0 Å². The van der Waals surface area contributed by atoms with Crippen molar-refractivity contribution < 1.29 is 9.66 Å². The molecule has 1 aliphatic carbocycles. The maximum absolute atomic E-state index is 10.8. The number of hydrogen-bond acceptors (Lipinski definition) is 4. The second-order valence-corrected chi connectivity index (χ2v) is 4.91. The molecule has 0 amide bonds. The number of hydrogen-bond donors (Lipinski definition) is 1. The summed E-state index contributed by atoms with van der Waals surface area (Å²) >= 11 is 0. The zero-order valence-corrected chi connectivity index (χ0v) is 11.2. The average molecular weight is 264 g/mol. The molecule has 1 N–H and O–H groups in total. The molecule has 1 aromatic carbocycles. The molecule has 1 aromatic rings. The maximum atomic E-state index is 10.8. The lowest BCUT2D eigenvalue weighted by Crippen LogP contribution is -2.15. The summed E-state index contributed by atoms with van der Waals surface area (Å²) in [5, 5.41) is 14.0. The van der Waals surface area contributed by atoms with Gasteiger partial charge in [0.15, 0.2) is 0 Å². The lowest BCUT2D eigenvalue weighted by molar-refractivity contribution is -0.385. The van der Waals surface area contributed by atoms with Crippen molar-refractivity contribution in [2.75, 3.05) is 18.5 Å². The van der Waals surface area contributed by atoms with Crippen molar-refractivity contribution in [1.82, 2.24) is 0 Å². The molecule has 5 heteroatoms. The Kier molecular flexibility index (Phi) is 4.74. The molecule has 5 nitrogen and oxygen atoms in total. The number of rotatable bonds is 6. The Labute approximate surface area is 113 Å². The first kappa shape index (κ1) is 13.8. The smallest absolute Gasteiger partial charge is 0.274 e. The van der Waals surface area contributed by atoms with Crippen LogP contribution in [0.3, 0.4) is 0 Å². The van der Waals surface area contributed by atoms with E-state index >= 15 is 0 Å². The standard InChI is InChI=1S/C14H20N2O3/c1-11-13(7-4-8-14(11)16(17)18)15-9-10-19-12-5-2-3-6-12/h4,7-8,12,15H,2-3,5-6,9-10H2,1H3. The first-order valence-corrected chi connectivity index (χ1v) is 6.78. The summed E-state index contributed by atoms with van der Waals surface area (Å²) in [7, 11) is 0. The van der Waals surface area contributed by atoms with Gasteiger partial charge in [0, 0.05) is 23.9 Å². The molecule has 0 aromatic heterocycles. The Bertz CT molecular complexity index is 442. The van der Waals surface area contributed by atoms with Crippen LogP contribution in [0.4, 0.5) is 11.4 Å². The minimum absolute atomic E-state index is 0.154. The Balaban J connectivity index is 1.82. The third-order valence-corrected chi connectivity index (χ3v) is 3.58. The molecule has 1 saturated carbocycles. The average Bonchev–Trinajstić information content (AvgIpc) is 2.89. The van der Waals surface area contributed by atoms with E-state index in [0.717, 1.165) is 18.5 Å². The first-order chi connectivity index (χ1) is 9.18. The first-order valence-electron chi connectivity index (χ1n) is 6.78. The molecule has 0 unspecified atom stereocenters. The predicted molar refractivity (Wildman–Crippen MR) is 74.5 cm³/mol. The molecule has 0 spiro atoms. The fourth-order valence-corrected chi connectivity index (χ4v) is 2.48. The summed E-state index contributed by atoms with van der Waals surface area (Å²) in [4.78, 5) is 10.5. The number of nitrogens with one attached hydrogen (secondary N) is 1. The van der Waals surface area contributed by atoms with Crippen molar-refractivity contribution in [3.05, 3.63) is 33.9 Å². The van der Waals surface area contributed by atoms with Crippen LogP contribution in [0.15, 0.2) is 18.2 Å². The summed E-state index contributed by atoms with van der Waals surface area (Å²) < 4.78 is 5.75. The van der Waals surface area contributed by atoms with Gasteiger partial charge in [0.25, 0.3) is 5.69 Å². The Morgan fingerprint density at radius 3 is 2.84 bits per heavy atom. The zero-order chi connectivity index (χ0) is 13.7. The maximum Gasteiger partial charge on any atom is 0.274 e. The van der Waals surface area contributed by atoms with Gasteiger partial charge in [-0.1, -0.05) is 18.9 Å². The van der Waals surface area contributed by atoms with Crippen LogP contribution in [-0.2, 0) is 4.74 Å². The van der Waals surface area contributed by atoms with Crippen molar-refractivity contribution in [1.29, 1.82) is 0 Å². The van der Waals surface area contributed by atoms with E-state index in [-0.39, 0.29) is 10.6 Å². The summed E-state index contributed by atoms with van der Waals surface area (Å²) in [6, 6.07) is 5.08. The van der Waals surface area contributed by atoms with Crippen molar-refractivity contribution >= 4 is 11.4 Å². The second kappa shape index (κ2) is 6.52. The number of nitrogens with zero attached hydrogens (tertiary/aromatic N) is 1. The molecule has 0 atom stereocenters. The number of anilines is 1. The van der Waals surface area contributed by atoms with Crippen LogP contribution in [0.2, 0.25) is 0 Å². The minimum atomic E-state index is -0.352. The van der Waals surface area contributed by atoms with Gasteiger partial charge in [0.1, 0.15) is 0 Å². The minimum Gasteiger partial charge on any atom is -0.382 e. The highest BCUT2D eigenvalue weighted by atomic mass is 16.6. The fraction of sp³-hybridized carbons (Fsp3) is 0.571. The molecule has 0 radical (unpaired) electrons. The van der Waals surface area contributed by atoms with Gasteiger partial charge in [0.2, 0.25) is 0 Å². The largest absolute Gasteiger partial charge is 0.382 e. The molecule has 0 saturated heterocycles. The molecule has 0 bridgehead atoms. The molecule has 1 fully saturated rings. The molecule has 2 rings (SSSR count). The van der Waals surface area contributed by atoms with Crippen LogP contribution in [0.1, 0.15) is 31.2 Å². The van der Waals surface area contributed by atoms with Gasteiger partial charge in [-0.05, 0) is 25.8 Å². The third-order valence-electron chi connectivity index (χ3n) is 3.58. The number of benzene rings is 1. The number of nitro benzene ring substituents is 1. The van der Waals surface area contributed by atoms with Gasteiger partial charge >= 0.3 is 0 Å². The summed E-state index contributed by atoms with van der Waals surface area (Å²) in [5.41, 5.74) is 1.64. The van der Waals surface area contributed by atoms with E-state index in [1.165, 1.54) is 18.9 Å². The van der Waals surface area contributed by atoms with E-state index in [1.807, 2.05) is 6.07 Å².